The summed E-state index contributed by atoms with van der Waals surface area (Å²) < 4.78 is 4.77. The first-order valence-electron chi connectivity index (χ1n) is 3.86. The first kappa shape index (κ1) is 10.9. The number of ketones is 1. The van der Waals surface area contributed by atoms with Crippen molar-refractivity contribution in [2.45, 2.75) is 33.3 Å². The minimum absolute atomic E-state index is 0.122. The molecule has 1 unspecified atom stereocenters. The van der Waals surface area contributed by atoms with E-state index in [2.05, 4.69) is 0 Å². The maximum atomic E-state index is 10.9. The summed E-state index contributed by atoms with van der Waals surface area (Å²) in [6.45, 7) is 4.56. The van der Waals surface area contributed by atoms with Crippen LogP contribution in [-0.4, -0.2) is 17.9 Å². The van der Waals surface area contributed by atoms with Gasteiger partial charge in [0.2, 0.25) is 0 Å². The fraction of sp³-hybridized carbons (Fsp3) is 0.556. The fourth-order valence-corrected chi connectivity index (χ4v) is 0.757. The van der Waals surface area contributed by atoms with E-state index in [4.69, 9.17) is 4.74 Å². The number of carbonyl (C=O) groups excluding carboxylic acids is 2. The molecule has 0 N–H and O–H groups in total. The predicted octanol–water partition coefficient (Wildman–Crippen LogP) is 1.47. The van der Waals surface area contributed by atoms with Crippen molar-refractivity contribution < 1.29 is 14.3 Å². The zero-order valence-corrected chi connectivity index (χ0v) is 7.66. The molecule has 0 heterocycles. The van der Waals surface area contributed by atoms with Gasteiger partial charge < -0.3 is 4.74 Å². The van der Waals surface area contributed by atoms with Gasteiger partial charge in [-0.05, 0) is 13.8 Å². The van der Waals surface area contributed by atoms with Crippen LogP contribution in [0.3, 0.4) is 0 Å². The highest BCUT2D eigenvalue weighted by molar-refractivity contribution is 5.83. The van der Waals surface area contributed by atoms with Crippen LogP contribution in [0.25, 0.3) is 0 Å². The summed E-state index contributed by atoms with van der Waals surface area (Å²) in [7, 11) is 0. The molecule has 0 aromatic rings. The fourth-order valence-electron chi connectivity index (χ4n) is 0.757. The van der Waals surface area contributed by atoms with Gasteiger partial charge in [-0.15, -0.1) is 0 Å². The maximum Gasteiger partial charge on any atom is 0.303 e. The van der Waals surface area contributed by atoms with Gasteiger partial charge in [-0.3, -0.25) is 9.59 Å². The second-order valence-corrected chi connectivity index (χ2v) is 2.51. The molecule has 0 aliphatic carbocycles. The highest BCUT2D eigenvalue weighted by atomic mass is 16.5. The normalized spacial score (nSPS) is 12.9. The van der Waals surface area contributed by atoms with E-state index >= 15 is 0 Å². The van der Waals surface area contributed by atoms with E-state index in [0.717, 1.165) is 0 Å². The van der Waals surface area contributed by atoms with Crippen LogP contribution in [0.5, 0.6) is 0 Å². The number of esters is 1. The zero-order chi connectivity index (χ0) is 9.56. The second-order valence-electron chi connectivity index (χ2n) is 2.51. The van der Waals surface area contributed by atoms with E-state index in [9.17, 15) is 9.59 Å². The average Bonchev–Trinajstić information content (AvgIpc) is 1.96. The Hall–Kier alpha value is -1.12. The number of rotatable bonds is 4. The van der Waals surface area contributed by atoms with Crippen molar-refractivity contribution in [1.29, 1.82) is 0 Å². The van der Waals surface area contributed by atoms with Crippen molar-refractivity contribution in [1.82, 2.24) is 0 Å². The molecule has 0 saturated heterocycles. The SMILES string of the molecule is C/C=C\CC(OC(C)=O)C(C)=O. The molecule has 0 amide bonds. The second kappa shape index (κ2) is 5.52. The lowest BCUT2D eigenvalue weighted by atomic mass is 10.2. The highest BCUT2D eigenvalue weighted by Gasteiger charge is 2.14. The molecule has 0 aliphatic heterocycles. The van der Waals surface area contributed by atoms with E-state index in [1.807, 2.05) is 13.0 Å². The molecule has 0 aromatic heterocycles. The quantitative estimate of drug-likeness (QED) is 0.474. The highest BCUT2D eigenvalue weighted by Crippen LogP contribution is 2.01. The lowest BCUT2D eigenvalue weighted by Crippen LogP contribution is -2.23. The van der Waals surface area contributed by atoms with Crippen LogP contribution in [0.2, 0.25) is 0 Å². The summed E-state index contributed by atoms with van der Waals surface area (Å²) in [4.78, 5) is 21.4. The van der Waals surface area contributed by atoms with Crippen molar-refractivity contribution in [3.63, 3.8) is 0 Å². The van der Waals surface area contributed by atoms with Gasteiger partial charge in [-0.25, -0.2) is 0 Å². The molecule has 0 radical (unpaired) electrons. The van der Waals surface area contributed by atoms with E-state index in [1.165, 1.54) is 13.8 Å². The topological polar surface area (TPSA) is 43.4 Å². The summed E-state index contributed by atoms with van der Waals surface area (Å²) in [6, 6.07) is 0. The van der Waals surface area contributed by atoms with Gasteiger partial charge in [-0.2, -0.15) is 0 Å². The molecular weight excluding hydrogens is 156 g/mol. The van der Waals surface area contributed by atoms with E-state index in [0.29, 0.717) is 6.42 Å². The third-order valence-electron chi connectivity index (χ3n) is 1.35. The Kier molecular flexibility index (Phi) is 5.00. The van der Waals surface area contributed by atoms with Crippen LogP contribution in [0, 0.1) is 0 Å². The van der Waals surface area contributed by atoms with Gasteiger partial charge in [-0.1, -0.05) is 12.2 Å². The Labute approximate surface area is 72.4 Å². The van der Waals surface area contributed by atoms with Crippen molar-refractivity contribution in [2.24, 2.45) is 0 Å². The molecule has 0 aliphatic rings. The van der Waals surface area contributed by atoms with Gasteiger partial charge >= 0.3 is 5.97 Å². The van der Waals surface area contributed by atoms with Gasteiger partial charge in [0, 0.05) is 13.3 Å². The molecule has 0 saturated carbocycles. The minimum atomic E-state index is -0.612. The Morgan fingerprint density at radius 2 is 2.00 bits per heavy atom. The molecule has 3 heteroatoms. The third-order valence-corrected chi connectivity index (χ3v) is 1.35. The smallest absolute Gasteiger partial charge is 0.303 e. The largest absolute Gasteiger partial charge is 0.454 e. The molecule has 1 atom stereocenters. The van der Waals surface area contributed by atoms with Gasteiger partial charge in [0.1, 0.15) is 0 Å². The van der Waals surface area contributed by atoms with Crippen molar-refractivity contribution in [3.8, 4) is 0 Å². The van der Waals surface area contributed by atoms with Gasteiger partial charge in [0.25, 0.3) is 0 Å². The van der Waals surface area contributed by atoms with Gasteiger partial charge in [0.15, 0.2) is 11.9 Å². The summed E-state index contributed by atoms with van der Waals surface area (Å²) in [5.41, 5.74) is 0. The summed E-state index contributed by atoms with van der Waals surface area (Å²) >= 11 is 0. The zero-order valence-electron chi connectivity index (χ0n) is 7.66. The average molecular weight is 170 g/mol. The molecular formula is C9H14O3. The first-order chi connectivity index (χ1) is 5.57. The van der Waals surface area contributed by atoms with Crippen molar-refractivity contribution >= 4 is 11.8 Å². The van der Waals surface area contributed by atoms with Crippen LogP contribution < -0.4 is 0 Å². The van der Waals surface area contributed by atoms with Gasteiger partial charge in [0.05, 0.1) is 0 Å². The third kappa shape index (κ3) is 4.66. The number of hydrogen-bond donors (Lipinski definition) is 0. The molecule has 0 spiro atoms. The first-order valence-corrected chi connectivity index (χ1v) is 3.86. The molecule has 12 heavy (non-hydrogen) atoms. The van der Waals surface area contributed by atoms with Crippen molar-refractivity contribution in [2.75, 3.05) is 0 Å². The lowest BCUT2D eigenvalue weighted by molar-refractivity contribution is -0.152. The molecule has 0 rings (SSSR count). The van der Waals surface area contributed by atoms with Crippen LogP contribution in [0.15, 0.2) is 12.2 Å². The van der Waals surface area contributed by atoms with E-state index in [1.54, 1.807) is 6.08 Å². The number of ether oxygens (including phenoxy) is 1. The van der Waals surface area contributed by atoms with Crippen LogP contribution in [-0.2, 0) is 14.3 Å². The lowest BCUT2D eigenvalue weighted by Gasteiger charge is -2.10. The summed E-state index contributed by atoms with van der Waals surface area (Å²) in [5.74, 6) is -0.539. The molecule has 3 nitrogen and oxygen atoms in total. The van der Waals surface area contributed by atoms with Crippen molar-refractivity contribution in [3.05, 3.63) is 12.2 Å². The Balaban J connectivity index is 4.04. The Morgan fingerprint density at radius 1 is 1.42 bits per heavy atom. The monoisotopic (exact) mass is 170 g/mol. The number of allylic oxidation sites excluding steroid dienone is 1. The molecule has 68 valence electrons. The summed E-state index contributed by atoms with van der Waals surface area (Å²) in [6.07, 6.45) is 3.47. The summed E-state index contributed by atoms with van der Waals surface area (Å²) in [5, 5.41) is 0. The standard InChI is InChI=1S/C9H14O3/c1-4-5-6-9(7(2)10)12-8(3)11/h4-5,9H,6H2,1-3H3/b5-4-. The predicted molar refractivity (Wildman–Crippen MR) is 45.7 cm³/mol. The number of carbonyl (C=O) groups is 2. The maximum absolute atomic E-state index is 10.9. The number of hydrogen-bond acceptors (Lipinski definition) is 3. The van der Waals surface area contributed by atoms with Crippen LogP contribution in [0.1, 0.15) is 27.2 Å². The number of Topliss-reactive ketones (excluding diaryl/α,β-unsaturated/α-hetero) is 1. The minimum Gasteiger partial charge on any atom is -0.454 e. The molecule has 0 aromatic carbocycles. The van der Waals surface area contributed by atoms with Crippen LogP contribution in [0.4, 0.5) is 0 Å². The van der Waals surface area contributed by atoms with Crippen LogP contribution >= 0.6 is 0 Å². The molecule has 0 bridgehead atoms. The molecule has 0 fully saturated rings. The Bertz CT molecular complexity index is 194. The van der Waals surface area contributed by atoms with E-state index in [-0.39, 0.29) is 5.78 Å². The van der Waals surface area contributed by atoms with E-state index < -0.39 is 12.1 Å². The Morgan fingerprint density at radius 3 is 2.33 bits per heavy atom.